The van der Waals surface area contributed by atoms with Crippen LogP contribution in [0.2, 0.25) is 0 Å². The van der Waals surface area contributed by atoms with Crippen molar-refractivity contribution in [3.63, 3.8) is 0 Å². The van der Waals surface area contributed by atoms with Gasteiger partial charge in [0, 0.05) is 24.6 Å². The zero-order valence-electron chi connectivity index (χ0n) is 12.9. The molecule has 0 amide bonds. The monoisotopic (exact) mass is 311 g/mol. The molecule has 0 aromatic heterocycles. The highest BCUT2D eigenvalue weighted by molar-refractivity contribution is 6.00. The minimum absolute atomic E-state index is 0.0405. The fourth-order valence-electron chi connectivity index (χ4n) is 3.10. The maximum absolute atomic E-state index is 12.5. The van der Waals surface area contributed by atoms with Crippen molar-refractivity contribution in [2.75, 3.05) is 13.1 Å². The summed E-state index contributed by atoms with van der Waals surface area (Å²) in [6.07, 6.45) is 1.06. The lowest BCUT2D eigenvalue weighted by Crippen LogP contribution is -2.34. The number of phenols is 1. The van der Waals surface area contributed by atoms with E-state index in [0.717, 1.165) is 24.0 Å². The molecule has 0 spiro atoms. The Labute approximate surface area is 135 Å². The SMILES string of the molecule is O=C1c2ccccc2CCC1CNCC(O)c1cccc(O)c1. The van der Waals surface area contributed by atoms with Crippen LogP contribution in [0, 0.1) is 5.92 Å². The zero-order chi connectivity index (χ0) is 16.2. The van der Waals surface area contributed by atoms with E-state index in [1.807, 2.05) is 24.3 Å². The van der Waals surface area contributed by atoms with Crippen LogP contribution >= 0.6 is 0 Å². The highest BCUT2D eigenvalue weighted by Gasteiger charge is 2.26. The second-order valence-electron chi connectivity index (χ2n) is 6.03. The highest BCUT2D eigenvalue weighted by atomic mass is 16.3. The zero-order valence-corrected chi connectivity index (χ0v) is 12.9. The van der Waals surface area contributed by atoms with Crippen LogP contribution in [-0.4, -0.2) is 29.1 Å². The summed E-state index contributed by atoms with van der Waals surface area (Å²) in [5, 5.41) is 22.8. The molecule has 2 aromatic carbocycles. The van der Waals surface area contributed by atoms with Crippen molar-refractivity contribution in [1.82, 2.24) is 5.32 Å². The first-order valence-corrected chi connectivity index (χ1v) is 7.95. The Hall–Kier alpha value is -2.17. The Bertz CT molecular complexity index is 699. The van der Waals surface area contributed by atoms with Gasteiger partial charge in [-0.3, -0.25) is 4.79 Å². The van der Waals surface area contributed by atoms with Crippen molar-refractivity contribution in [2.45, 2.75) is 18.9 Å². The molecule has 0 saturated heterocycles. The number of carbonyl (C=O) groups excluding carboxylic acids is 1. The molecule has 0 heterocycles. The summed E-state index contributed by atoms with van der Waals surface area (Å²) in [6.45, 7) is 0.915. The van der Waals surface area contributed by atoms with E-state index in [1.54, 1.807) is 24.3 Å². The maximum atomic E-state index is 12.5. The summed E-state index contributed by atoms with van der Waals surface area (Å²) in [7, 11) is 0. The van der Waals surface area contributed by atoms with E-state index in [0.29, 0.717) is 18.7 Å². The molecule has 4 nitrogen and oxygen atoms in total. The van der Waals surface area contributed by atoms with Crippen LogP contribution in [0.3, 0.4) is 0 Å². The minimum Gasteiger partial charge on any atom is -0.508 e. The van der Waals surface area contributed by atoms with Gasteiger partial charge >= 0.3 is 0 Å². The lowest BCUT2D eigenvalue weighted by Gasteiger charge is -2.24. The molecule has 0 radical (unpaired) electrons. The average Bonchev–Trinajstić information content (AvgIpc) is 2.57. The van der Waals surface area contributed by atoms with Crippen LogP contribution in [0.15, 0.2) is 48.5 Å². The lowest BCUT2D eigenvalue weighted by atomic mass is 9.83. The maximum Gasteiger partial charge on any atom is 0.167 e. The largest absolute Gasteiger partial charge is 0.508 e. The van der Waals surface area contributed by atoms with Crippen LogP contribution in [0.1, 0.15) is 34.0 Å². The molecule has 1 aliphatic rings. The minimum atomic E-state index is -0.701. The third-order valence-corrected chi connectivity index (χ3v) is 4.40. The molecule has 0 saturated carbocycles. The summed E-state index contributed by atoms with van der Waals surface area (Å²) in [5.74, 6) is 0.285. The first-order valence-electron chi connectivity index (χ1n) is 7.95. The molecule has 120 valence electrons. The van der Waals surface area contributed by atoms with E-state index in [9.17, 15) is 15.0 Å². The van der Waals surface area contributed by atoms with Gasteiger partial charge in [-0.05, 0) is 36.1 Å². The molecule has 23 heavy (non-hydrogen) atoms. The number of carbonyl (C=O) groups is 1. The standard InChI is InChI=1S/C19H21NO3/c21-16-6-3-5-14(10-16)18(22)12-20-11-15-9-8-13-4-1-2-7-17(13)19(15)23/h1-7,10,15,18,20-22H,8-9,11-12H2. The number of hydrogen-bond acceptors (Lipinski definition) is 4. The fourth-order valence-corrected chi connectivity index (χ4v) is 3.10. The van der Waals surface area contributed by atoms with Gasteiger partial charge in [0.1, 0.15) is 5.75 Å². The number of aliphatic hydroxyl groups is 1. The number of rotatable bonds is 5. The third kappa shape index (κ3) is 3.60. The predicted octanol–water partition coefficient (Wildman–Crippen LogP) is 2.46. The molecule has 2 aromatic rings. The van der Waals surface area contributed by atoms with E-state index in [-0.39, 0.29) is 17.5 Å². The molecule has 0 aliphatic heterocycles. The van der Waals surface area contributed by atoms with Crippen LogP contribution in [0.25, 0.3) is 0 Å². The molecular formula is C19H21NO3. The molecule has 1 aliphatic carbocycles. The van der Waals surface area contributed by atoms with Gasteiger partial charge < -0.3 is 15.5 Å². The molecule has 2 unspecified atom stereocenters. The Kier molecular flexibility index (Phi) is 4.74. The van der Waals surface area contributed by atoms with Crippen molar-refractivity contribution in [3.8, 4) is 5.75 Å². The number of aliphatic hydroxyl groups excluding tert-OH is 1. The van der Waals surface area contributed by atoms with Crippen molar-refractivity contribution < 1.29 is 15.0 Å². The predicted molar refractivity (Wildman–Crippen MR) is 88.5 cm³/mol. The second-order valence-corrected chi connectivity index (χ2v) is 6.03. The number of benzene rings is 2. The summed E-state index contributed by atoms with van der Waals surface area (Å²) in [6, 6.07) is 14.4. The molecule has 3 N–H and O–H groups in total. The highest BCUT2D eigenvalue weighted by Crippen LogP contribution is 2.25. The molecule has 0 bridgehead atoms. The molecular weight excluding hydrogens is 290 g/mol. The molecule has 3 rings (SSSR count). The Balaban J connectivity index is 1.54. The molecule has 4 heteroatoms. The average molecular weight is 311 g/mol. The van der Waals surface area contributed by atoms with Gasteiger partial charge in [0.25, 0.3) is 0 Å². The molecule has 2 atom stereocenters. The topological polar surface area (TPSA) is 69.6 Å². The van der Waals surface area contributed by atoms with E-state index in [4.69, 9.17) is 0 Å². The number of aromatic hydroxyl groups is 1. The molecule has 0 fully saturated rings. The first kappa shape index (κ1) is 15.7. The smallest absolute Gasteiger partial charge is 0.167 e. The number of phenolic OH excluding ortho intramolecular Hbond substituents is 1. The van der Waals surface area contributed by atoms with Crippen molar-refractivity contribution in [3.05, 3.63) is 65.2 Å². The summed E-state index contributed by atoms with van der Waals surface area (Å²) in [4.78, 5) is 12.5. The first-order chi connectivity index (χ1) is 11.1. The van der Waals surface area contributed by atoms with Crippen LogP contribution < -0.4 is 5.32 Å². The third-order valence-electron chi connectivity index (χ3n) is 4.40. The van der Waals surface area contributed by atoms with Gasteiger partial charge in [0.2, 0.25) is 0 Å². The van der Waals surface area contributed by atoms with Gasteiger partial charge in [-0.25, -0.2) is 0 Å². The Morgan fingerprint density at radius 2 is 2.00 bits per heavy atom. The van der Waals surface area contributed by atoms with E-state index >= 15 is 0 Å². The van der Waals surface area contributed by atoms with Crippen LogP contribution in [0.4, 0.5) is 0 Å². The number of aryl methyl sites for hydroxylation is 1. The second kappa shape index (κ2) is 6.94. The van der Waals surface area contributed by atoms with Gasteiger partial charge in [-0.1, -0.05) is 36.4 Å². The summed E-state index contributed by atoms with van der Waals surface area (Å²) >= 11 is 0. The number of fused-ring (bicyclic) bond motifs is 1. The Morgan fingerprint density at radius 3 is 2.83 bits per heavy atom. The number of Topliss-reactive ketones (excluding diaryl/α,β-unsaturated/α-hetero) is 1. The Morgan fingerprint density at radius 1 is 1.17 bits per heavy atom. The van der Waals surface area contributed by atoms with E-state index in [2.05, 4.69) is 5.32 Å². The van der Waals surface area contributed by atoms with Gasteiger partial charge in [0.05, 0.1) is 6.10 Å². The normalized spacial score (nSPS) is 18.5. The van der Waals surface area contributed by atoms with Crippen molar-refractivity contribution in [2.24, 2.45) is 5.92 Å². The summed E-state index contributed by atoms with van der Waals surface area (Å²) < 4.78 is 0. The van der Waals surface area contributed by atoms with Gasteiger partial charge in [-0.2, -0.15) is 0 Å². The van der Waals surface area contributed by atoms with E-state index < -0.39 is 6.10 Å². The van der Waals surface area contributed by atoms with Gasteiger partial charge in [-0.15, -0.1) is 0 Å². The van der Waals surface area contributed by atoms with Gasteiger partial charge in [0.15, 0.2) is 5.78 Å². The lowest BCUT2D eigenvalue weighted by molar-refractivity contribution is 0.0895. The number of nitrogens with one attached hydrogen (secondary N) is 1. The van der Waals surface area contributed by atoms with Crippen molar-refractivity contribution in [1.29, 1.82) is 0 Å². The number of hydrogen-bond donors (Lipinski definition) is 3. The van der Waals surface area contributed by atoms with Crippen molar-refractivity contribution >= 4 is 5.78 Å². The fraction of sp³-hybridized carbons (Fsp3) is 0.316. The summed E-state index contributed by atoms with van der Waals surface area (Å²) in [5.41, 5.74) is 2.63. The van der Waals surface area contributed by atoms with E-state index in [1.165, 1.54) is 0 Å². The van der Waals surface area contributed by atoms with Crippen LogP contribution in [0.5, 0.6) is 5.75 Å². The quantitative estimate of drug-likeness (QED) is 0.793. The van der Waals surface area contributed by atoms with Crippen LogP contribution in [-0.2, 0) is 6.42 Å². The number of ketones is 1.